The van der Waals surface area contributed by atoms with E-state index >= 15 is 4.39 Å². The fourth-order valence-electron chi connectivity index (χ4n) is 8.06. The summed E-state index contributed by atoms with van der Waals surface area (Å²) in [6.45, 7) is 8.41. The Morgan fingerprint density at radius 3 is 2.42 bits per heavy atom. The van der Waals surface area contributed by atoms with Crippen LogP contribution in [0.4, 0.5) is 4.39 Å². The maximum absolute atomic E-state index is 17.9. The molecular formula is C28H38FO10P. The molecule has 10 nitrogen and oxygen atoms in total. The summed E-state index contributed by atoms with van der Waals surface area (Å²) in [5.74, 6) is -4.21. The molecule has 222 valence electrons. The molecule has 0 amide bonds. The molecule has 0 saturated heterocycles. The van der Waals surface area contributed by atoms with Crippen LogP contribution in [0, 0.1) is 28.6 Å². The van der Waals surface area contributed by atoms with Crippen molar-refractivity contribution >= 4 is 25.4 Å². The highest BCUT2D eigenvalue weighted by Crippen LogP contribution is 2.70. The number of hydrogen-bond acceptors (Lipinski definition) is 10. The Balaban J connectivity index is 1.51. The minimum absolute atomic E-state index is 0.00205. The highest BCUT2D eigenvalue weighted by Gasteiger charge is 2.76. The number of alkyl halides is 1. The lowest BCUT2D eigenvalue weighted by molar-refractivity contribution is -0.207. The molecule has 0 aromatic rings. The van der Waals surface area contributed by atoms with Gasteiger partial charge in [-0.25, -0.2) is 8.96 Å². The van der Waals surface area contributed by atoms with E-state index in [0.717, 1.165) is 6.08 Å². The van der Waals surface area contributed by atoms with E-state index in [0.29, 0.717) is 19.3 Å². The van der Waals surface area contributed by atoms with Crippen molar-refractivity contribution in [3.63, 3.8) is 0 Å². The zero-order valence-electron chi connectivity index (χ0n) is 23.6. The van der Waals surface area contributed by atoms with E-state index in [1.54, 1.807) is 20.8 Å². The molecule has 3 saturated carbocycles. The Hall–Kier alpha value is -2.07. The monoisotopic (exact) mass is 584 g/mol. The summed E-state index contributed by atoms with van der Waals surface area (Å²) >= 11 is 0. The van der Waals surface area contributed by atoms with Gasteiger partial charge < -0.3 is 19.1 Å². The van der Waals surface area contributed by atoms with Crippen LogP contribution in [0.5, 0.6) is 0 Å². The lowest BCUT2D eigenvalue weighted by atomic mass is 9.44. The number of aliphatic hydroxyl groups excluding tert-OH is 1. The van der Waals surface area contributed by atoms with Crippen molar-refractivity contribution < 1.29 is 51.5 Å². The number of halogens is 1. The predicted molar refractivity (Wildman–Crippen MR) is 138 cm³/mol. The Bertz CT molecular complexity index is 1220. The van der Waals surface area contributed by atoms with E-state index in [1.165, 1.54) is 6.92 Å². The number of fused-ring (bicyclic) bond motifs is 6. The van der Waals surface area contributed by atoms with Gasteiger partial charge in [0.15, 0.2) is 17.2 Å². The topological polar surface area (TPSA) is 135 Å². The zero-order valence-corrected chi connectivity index (χ0v) is 24.5. The minimum atomic E-state index is -4.15. The first kappa shape index (κ1) is 29.4. The smallest absolute Gasteiger partial charge is 0.454 e. The van der Waals surface area contributed by atoms with E-state index in [4.69, 9.17) is 23.0 Å². The summed E-state index contributed by atoms with van der Waals surface area (Å²) in [4.78, 5) is 39.8. The van der Waals surface area contributed by atoms with Gasteiger partial charge in [-0.15, -0.1) is 0 Å². The number of rotatable bonds is 8. The maximum Gasteiger partial charge on any atom is 0.532 e. The van der Waals surface area contributed by atoms with Crippen molar-refractivity contribution in [3.8, 4) is 0 Å². The molecular weight excluding hydrogens is 546 g/mol. The van der Waals surface area contributed by atoms with Crippen molar-refractivity contribution in [2.75, 3.05) is 13.2 Å². The van der Waals surface area contributed by atoms with Gasteiger partial charge in [-0.3, -0.25) is 23.4 Å². The molecule has 0 radical (unpaired) electrons. The van der Waals surface area contributed by atoms with Gasteiger partial charge in [-0.2, -0.15) is 0 Å². The Labute approximate surface area is 233 Å². The number of Topliss-reactive ketones (excluding diaryl/α,β-unsaturated/α-hetero) is 1. The van der Waals surface area contributed by atoms with Gasteiger partial charge >= 0.3 is 13.8 Å². The first-order chi connectivity index (χ1) is 18.8. The Kier molecular flexibility index (Phi) is 7.38. The molecule has 0 aromatic carbocycles. The molecule has 12 heteroatoms. The molecule has 1 aliphatic heterocycles. The Morgan fingerprint density at radius 2 is 1.80 bits per heavy atom. The number of carbonyl (C=O) groups is 3. The molecule has 3 fully saturated rings. The summed E-state index contributed by atoms with van der Waals surface area (Å²) in [5, 5.41) is 11.6. The average molecular weight is 585 g/mol. The van der Waals surface area contributed by atoms with E-state index in [2.05, 4.69) is 0 Å². The summed E-state index contributed by atoms with van der Waals surface area (Å²) in [6.07, 6.45) is 0.200. The van der Waals surface area contributed by atoms with Crippen LogP contribution in [0.15, 0.2) is 23.2 Å². The number of phosphoric acid groups is 1. The molecule has 0 aromatic heterocycles. The third-order valence-electron chi connectivity index (χ3n) is 9.81. The van der Waals surface area contributed by atoms with Crippen LogP contribution in [-0.2, 0) is 42.0 Å². The van der Waals surface area contributed by atoms with Crippen LogP contribution >= 0.6 is 7.82 Å². The summed E-state index contributed by atoms with van der Waals surface area (Å²) in [7, 11) is -4.15. The van der Waals surface area contributed by atoms with Crippen molar-refractivity contribution in [1.29, 1.82) is 0 Å². The average Bonchev–Trinajstić information content (AvgIpc) is 3.45. The van der Waals surface area contributed by atoms with Gasteiger partial charge in [0, 0.05) is 24.3 Å². The number of ether oxygens (including phenoxy) is 2. The second-order valence-electron chi connectivity index (χ2n) is 11.8. The second kappa shape index (κ2) is 10.0. The van der Waals surface area contributed by atoms with Crippen LogP contribution in [0.2, 0.25) is 0 Å². The van der Waals surface area contributed by atoms with Gasteiger partial charge in [0.1, 0.15) is 0 Å². The molecule has 5 aliphatic rings. The number of ketones is 2. The van der Waals surface area contributed by atoms with E-state index in [-0.39, 0.29) is 49.6 Å². The third-order valence-corrected chi connectivity index (χ3v) is 11.4. The predicted octanol–water partition coefficient (Wildman–Crippen LogP) is 4.71. The van der Waals surface area contributed by atoms with Crippen molar-refractivity contribution in [1.82, 2.24) is 0 Å². The molecule has 1 heterocycles. The van der Waals surface area contributed by atoms with Gasteiger partial charge in [-0.1, -0.05) is 13.8 Å². The van der Waals surface area contributed by atoms with Gasteiger partial charge in [0.2, 0.25) is 17.8 Å². The van der Waals surface area contributed by atoms with E-state index in [9.17, 15) is 24.1 Å². The summed E-state index contributed by atoms with van der Waals surface area (Å²) in [5.41, 5.74) is -5.12. The number of carbonyl (C=O) groups excluding carboxylic acids is 3. The molecule has 40 heavy (non-hydrogen) atoms. The summed E-state index contributed by atoms with van der Waals surface area (Å²) < 4.78 is 58.1. The summed E-state index contributed by atoms with van der Waals surface area (Å²) in [6, 6.07) is 0. The SMILES string of the molecule is CCCC1OC2=C(O1)[C@@]1(C)C(=CC2=O)C(=O)CC2C3CC[C@H](C(=O)OP(=O)(OCC)OCC)[C@@]3(C)C[C@H](O)[C@@]21F. The molecule has 3 unspecified atom stereocenters. The van der Waals surface area contributed by atoms with Crippen LogP contribution in [0.25, 0.3) is 0 Å². The molecule has 0 spiro atoms. The number of allylic oxidation sites excluding steroid dienone is 2. The first-order valence-electron chi connectivity index (χ1n) is 14.2. The fourth-order valence-corrected chi connectivity index (χ4v) is 9.22. The van der Waals surface area contributed by atoms with Crippen molar-refractivity contribution in [3.05, 3.63) is 23.2 Å². The highest BCUT2D eigenvalue weighted by atomic mass is 31.2. The normalized spacial score (nSPS) is 40.4. The molecule has 0 bridgehead atoms. The van der Waals surface area contributed by atoms with Gasteiger partial charge in [-0.05, 0) is 63.9 Å². The van der Waals surface area contributed by atoms with Crippen LogP contribution in [0.1, 0.15) is 73.1 Å². The van der Waals surface area contributed by atoms with E-state index < -0.39 is 72.0 Å². The van der Waals surface area contributed by atoms with Crippen LogP contribution < -0.4 is 0 Å². The maximum atomic E-state index is 17.9. The Morgan fingerprint density at radius 1 is 1.12 bits per heavy atom. The highest BCUT2D eigenvalue weighted by molar-refractivity contribution is 7.49. The number of aliphatic hydroxyl groups is 1. The van der Waals surface area contributed by atoms with Crippen LogP contribution in [-0.4, -0.2) is 53.9 Å². The number of phosphoric ester groups is 1. The molecule has 4 aliphatic carbocycles. The lowest BCUT2D eigenvalue weighted by Crippen LogP contribution is -2.69. The largest absolute Gasteiger partial charge is 0.532 e. The molecule has 1 N–H and O–H groups in total. The van der Waals surface area contributed by atoms with Crippen molar-refractivity contribution in [2.45, 2.75) is 91.2 Å². The number of hydrogen-bond donors (Lipinski definition) is 1. The van der Waals surface area contributed by atoms with Gasteiger partial charge in [0.05, 0.1) is 30.7 Å². The van der Waals surface area contributed by atoms with Gasteiger partial charge in [0.25, 0.3) is 0 Å². The lowest BCUT2D eigenvalue weighted by Gasteiger charge is -2.61. The van der Waals surface area contributed by atoms with E-state index in [1.807, 2.05) is 6.92 Å². The molecule has 5 rings (SSSR count). The molecule has 8 atom stereocenters. The van der Waals surface area contributed by atoms with Crippen LogP contribution in [0.3, 0.4) is 0 Å². The second-order valence-corrected chi connectivity index (χ2v) is 13.4. The zero-order chi connectivity index (χ0) is 29.3. The van der Waals surface area contributed by atoms with Crippen molar-refractivity contribution in [2.24, 2.45) is 28.6 Å². The standard InChI is InChI=1S/C28H38FO10P/c1-6-9-22-37-23-20(31)13-18-19(30)12-17-15-10-11-16(25(33)39-40(34,35-7-2)36-8-3)26(15,4)14-21(32)28(17,29)27(18,5)24(23)38-22/h13,15-17,21-22,32H,6-12,14H2,1-5H3/t15?,16-,17?,21+,22?,26+,27-,28+/m1/s1. The third kappa shape index (κ3) is 3.98. The fraction of sp³-hybridized carbons (Fsp3) is 0.750. The minimum Gasteiger partial charge on any atom is -0.454 e. The first-order valence-corrected chi connectivity index (χ1v) is 15.6. The quantitative estimate of drug-likeness (QED) is 0.400.